The van der Waals surface area contributed by atoms with E-state index in [2.05, 4.69) is 10.6 Å². The first-order chi connectivity index (χ1) is 12.2. The van der Waals surface area contributed by atoms with Crippen molar-refractivity contribution in [2.75, 3.05) is 5.32 Å². The Balaban J connectivity index is 1.81. The van der Waals surface area contributed by atoms with Crippen LogP contribution >= 0.6 is 23.2 Å². The molecule has 3 rings (SSSR count). The molecule has 0 unspecified atom stereocenters. The van der Waals surface area contributed by atoms with E-state index in [-0.39, 0.29) is 29.6 Å². The summed E-state index contributed by atoms with van der Waals surface area (Å²) in [7, 11) is -3.93. The molecule has 0 aromatic heterocycles. The molecule has 0 radical (unpaired) electrons. The van der Waals surface area contributed by atoms with Crippen LogP contribution < -0.4 is 10.6 Å². The van der Waals surface area contributed by atoms with Crippen LogP contribution in [0.15, 0.2) is 28.1 Å². The number of aromatic hydroxyl groups is 1. The molecule has 1 aromatic rings. The Bertz CT molecular complexity index is 866. The van der Waals surface area contributed by atoms with Crippen molar-refractivity contribution in [3.05, 3.63) is 28.3 Å². The monoisotopic (exact) mass is 420 g/mol. The Labute approximate surface area is 160 Å². The van der Waals surface area contributed by atoms with Gasteiger partial charge in [0.05, 0.1) is 28.1 Å². The number of phenolic OH excluding ortho intramolecular Hbond substituents is 1. The van der Waals surface area contributed by atoms with Crippen LogP contribution in [0.25, 0.3) is 0 Å². The molecule has 2 amide bonds. The molecule has 2 aliphatic rings. The van der Waals surface area contributed by atoms with Gasteiger partial charge in [0, 0.05) is 5.03 Å². The first kappa shape index (κ1) is 19.3. The molecule has 7 nitrogen and oxygen atoms in total. The Morgan fingerprint density at radius 2 is 1.92 bits per heavy atom. The second-order valence-corrected chi connectivity index (χ2v) is 9.39. The van der Waals surface area contributed by atoms with Gasteiger partial charge in [-0.15, -0.1) is 0 Å². The zero-order valence-corrected chi connectivity index (χ0v) is 15.9. The number of halogens is 2. The molecular weight excluding hydrogens is 403 g/mol. The average molecular weight is 421 g/mol. The van der Waals surface area contributed by atoms with Gasteiger partial charge in [-0.3, -0.25) is 0 Å². The van der Waals surface area contributed by atoms with E-state index in [1.807, 2.05) is 6.08 Å². The molecule has 2 aliphatic carbocycles. The number of urea groups is 1. The van der Waals surface area contributed by atoms with Crippen LogP contribution in [0.4, 0.5) is 10.5 Å². The molecule has 0 spiro atoms. The molecule has 0 saturated heterocycles. The Morgan fingerprint density at radius 3 is 2.50 bits per heavy atom. The Morgan fingerprint density at radius 1 is 1.23 bits per heavy atom. The molecule has 26 heavy (non-hydrogen) atoms. The molecular formula is C16H18Cl2N2O5S. The summed E-state index contributed by atoms with van der Waals surface area (Å²) < 4.78 is 25.3. The van der Waals surface area contributed by atoms with E-state index >= 15 is 0 Å². The van der Waals surface area contributed by atoms with Crippen molar-refractivity contribution < 1.29 is 23.4 Å². The normalized spacial score (nSPS) is 25.3. The summed E-state index contributed by atoms with van der Waals surface area (Å²) in [6.45, 7) is 0. The number of carbonyl (C=O) groups excluding carboxylic acids is 1. The smallest absolute Gasteiger partial charge is 0.319 e. The van der Waals surface area contributed by atoms with Gasteiger partial charge in [-0.1, -0.05) is 29.3 Å². The Hall–Kier alpha value is -1.48. The van der Waals surface area contributed by atoms with Crippen LogP contribution in [0.2, 0.25) is 5.02 Å². The van der Waals surface area contributed by atoms with E-state index in [1.54, 1.807) is 0 Å². The largest absolute Gasteiger partial charge is 0.504 e. The zero-order chi connectivity index (χ0) is 19.1. The summed E-state index contributed by atoms with van der Waals surface area (Å²) in [5.74, 6) is -0.623. The molecule has 1 saturated carbocycles. The number of amides is 2. The molecule has 4 N–H and O–H groups in total. The lowest BCUT2D eigenvalue weighted by atomic mass is 9.96. The highest BCUT2D eigenvalue weighted by Crippen LogP contribution is 2.42. The van der Waals surface area contributed by atoms with Gasteiger partial charge in [-0.05, 0) is 37.8 Å². The second kappa shape index (κ2) is 7.26. The molecule has 1 aromatic carbocycles. The number of allylic oxidation sites excluding steroid dienone is 1. The molecule has 142 valence electrons. The fourth-order valence-corrected chi connectivity index (χ4v) is 5.75. The molecule has 0 heterocycles. The first-order valence-corrected chi connectivity index (χ1v) is 10.4. The minimum absolute atomic E-state index is 0.0801. The fraction of sp³-hybridized carbons (Fsp3) is 0.438. The van der Waals surface area contributed by atoms with Crippen molar-refractivity contribution in [2.45, 2.75) is 48.0 Å². The summed E-state index contributed by atoms with van der Waals surface area (Å²) in [6, 6.07) is 1.67. The van der Waals surface area contributed by atoms with E-state index in [0.29, 0.717) is 11.5 Å². The van der Waals surface area contributed by atoms with Gasteiger partial charge in [0.2, 0.25) is 0 Å². The third-order valence-electron chi connectivity index (χ3n) is 4.56. The van der Waals surface area contributed by atoms with E-state index in [0.717, 1.165) is 6.42 Å². The van der Waals surface area contributed by atoms with Gasteiger partial charge in [0.1, 0.15) is 4.90 Å². The highest BCUT2D eigenvalue weighted by molar-refractivity contribution is 7.92. The second-order valence-electron chi connectivity index (χ2n) is 6.38. The third kappa shape index (κ3) is 3.64. The number of phenols is 1. The summed E-state index contributed by atoms with van der Waals surface area (Å²) in [5, 5.41) is 24.4. The number of aliphatic hydroxyl groups excluding tert-OH is 1. The number of sulfone groups is 1. The highest BCUT2D eigenvalue weighted by atomic mass is 35.5. The van der Waals surface area contributed by atoms with Crippen molar-refractivity contribution >= 4 is 44.8 Å². The van der Waals surface area contributed by atoms with Crippen LogP contribution in [0, 0.1) is 0 Å². The van der Waals surface area contributed by atoms with E-state index in [9.17, 15) is 23.4 Å². The maximum atomic E-state index is 12.7. The predicted molar refractivity (Wildman–Crippen MR) is 98.4 cm³/mol. The lowest BCUT2D eigenvalue weighted by Gasteiger charge is -2.31. The van der Waals surface area contributed by atoms with E-state index < -0.39 is 37.9 Å². The van der Waals surface area contributed by atoms with Crippen LogP contribution in [-0.4, -0.2) is 42.1 Å². The molecule has 1 fully saturated rings. The van der Waals surface area contributed by atoms with Gasteiger partial charge in [-0.2, -0.15) is 0 Å². The third-order valence-corrected chi connectivity index (χ3v) is 7.65. The van der Waals surface area contributed by atoms with Crippen molar-refractivity contribution in [1.29, 1.82) is 0 Å². The van der Waals surface area contributed by atoms with Gasteiger partial charge in [0.25, 0.3) is 0 Å². The number of benzene rings is 1. The van der Waals surface area contributed by atoms with E-state index in [1.165, 1.54) is 12.1 Å². The number of anilines is 1. The van der Waals surface area contributed by atoms with Gasteiger partial charge < -0.3 is 20.8 Å². The minimum atomic E-state index is -3.93. The van der Waals surface area contributed by atoms with E-state index in [4.69, 9.17) is 23.2 Å². The minimum Gasteiger partial charge on any atom is -0.504 e. The summed E-state index contributed by atoms with van der Waals surface area (Å²) in [4.78, 5) is 11.7. The maximum absolute atomic E-state index is 12.7. The predicted octanol–water partition coefficient (Wildman–Crippen LogP) is 2.75. The molecule has 0 bridgehead atoms. The van der Waals surface area contributed by atoms with Crippen molar-refractivity contribution in [2.24, 2.45) is 0 Å². The lowest BCUT2D eigenvalue weighted by molar-refractivity contribution is 0.0976. The molecule has 0 aliphatic heterocycles. The fourth-order valence-electron chi connectivity index (χ4n) is 3.00. The maximum Gasteiger partial charge on any atom is 0.319 e. The standard InChI is InChI=1S/C16H18Cl2N2O5S/c17-10-2-1-3-12(10)19-16(23)20-13-5-4-11(18)15(14(13)22)26(24,25)9-6-8(21)7-9/h2,4-5,8-9,12,21-22H,1,3,6-7H2,(H2,19,20,23)/t8?,9?,12-/m0/s1. The zero-order valence-electron chi connectivity index (χ0n) is 13.6. The summed E-state index contributed by atoms with van der Waals surface area (Å²) in [5.41, 5.74) is -0.0801. The van der Waals surface area contributed by atoms with Crippen LogP contribution in [-0.2, 0) is 9.84 Å². The van der Waals surface area contributed by atoms with Gasteiger partial charge >= 0.3 is 6.03 Å². The van der Waals surface area contributed by atoms with Crippen molar-refractivity contribution in [3.63, 3.8) is 0 Å². The van der Waals surface area contributed by atoms with Crippen LogP contribution in [0.5, 0.6) is 5.75 Å². The quantitative estimate of drug-likeness (QED) is 0.558. The van der Waals surface area contributed by atoms with Gasteiger partial charge in [-0.25, -0.2) is 13.2 Å². The summed E-state index contributed by atoms with van der Waals surface area (Å²) >= 11 is 12.0. The molecule has 1 atom stereocenters. The summed E-state index contributed by atoms with van der Waals surface area (Å²) in [6.07, 6.45) is 2.73. The van der Waals surface area contributed by atoms with Gasteiger partial charge in [0.15, 0.2) is 15.6 Å². The van der Waals surface area contributed by atoms with Crippen LogP contribution in [0.1, 0.15) is 25.7 Å². The highest BCUT2D eigenvalue weighted by Gasteiger charge is 2.41. The first-order valence-electron chi connectivity index (χ1n) is 8.06. The lowest BCUT2D eigenvalue weighted by Crippen LogP contribution is -2.39. The average Bonchev–Trinajstić information content (AvgIpc) is 2.92. The number of hydrogen-bond acceptors (Lipinski definition) is 5. The topological polar surface area (TPSA) is 116 Å². The molecule has 10 heteroatoms. The number of aliphatic hydroxyl groups is 1. The number of carbonyl (C=O) groups is 1. The number of rotatable bonds is 4. The number of nitrogens with one attached hydrogen (secondary N) is 2. The van der Waals surface area contributed by atoms with Crippen molar-refractivity contribution in [3.8, 4) is 5.75 Å². The van der Waals surface area contributed by atoms with Crippen molar-refractivity contribution in [1.82, 2.24) is 5.32 Å². The SMILES string of the molecule is O=C(Nc1ccc(Cl)c(S(=O)(=O)C2CC(O)C2)c1O)N[C@H]1CCC=C1Cl. The Kier molecular flexibility index (Phi) is 5.39. The number of hydrogen-bond donors (Lipinski definition) is 4. The van der Waals surface area contributed by atoms with Crippen LogP contribution in [0.3, 0.4) is 0 Å².